The predicted molar refractivity (Wildman–Crippen MR) is 87.4 cm³/mol. The number of aliphatic hydroxyl groups excluding tert-OH is 1. The molecule has 1 heterocycles. The minimum Gasteiger partial charge on any atom is -0.395 e. The van der Waals surface area contributed by atoms with Gasteiger partial charge in [-0.2, -0.15) is 0 Å². The van der Waals surface area contributed by atoms with Gasteiger partial charge in [0.15, 0.2) is 0 Å². The van der Waals surface area contributed by atoms with Crippen LogP contribution in [-0.4, -0.2) is 66.7 Å². The molecule has 5 nitrogen and oxygen atoms in total. The number of β-amino-alcohol motifs (C(OH)–C–C–N with tert-alkyl or cyclic N) is 1. The van der Waals surface area contributed by atoms with E-state index in [0.29, 0.717) is 6.54 Å². The first kappa shape index (κ1) is 16.4. The summed E-state index contributed by atoms with van der Waals surface area (Å²) < 4.78 is 0.997. The number of halogens is 1. The SMILES string of the molecule is O=C(CN1CCCN(CCO)CC1)Nc1ccc(Br)cc1. The van der Waals surface area contributed by atoms with Crippen molar-refractivity contribution in [2.45, 2.75) is 6.42 Å². The number of carbonyl (C=O) groups is 1. The number of aliphatic hydroxyl groups is 1. The highest BCUT2D eigenvalue weighted by Crippen LogP contribution is 2.14. The molecule has 21 heavy (non-hydrogen) atoms. The van der Waals surface area contributed by atoms with Gasteiger partial charge in [0, 0.05) is 29.8 Å². The summed E-state index contributed by atoms with van der Waals surface area (Å²) in [5, 5.41) is 11.9. The molecule has 0 unspecified atom stereocenters. The number of carbonyl (C=O) groups excluding carboxylic acids is 1. The molecule has 0 radical (unpaired) electrons. The molecule has 1 aliphatic heterocycles. The molecule has 0 aliphatic carbocycles. The maximum atomic E-state index is 12.1. The van der Waals surface area contributed by atoms with E-state index in [1.165, 1.54) is 0 Å². The third-order valence-electron chi connectivity index (χ3n) is 3.59. The van der Waals surface area contributed by atoms with Crippen molar-refractivity contribution >= 4 is 27.5 Å². The molecule has 1 aromatic carbocycles. The molecule has 1 aromatic rings. The number of nitrogens with one attached hydrogen (secondary N) is 1. The van der Waals surface area contributed by atoms with Crippen LogP contribution >= 0.6 is 15.9 Å². The van der Waals surface area contributed by atoms with Crippen LogP contribution in [-0.2, 0) is 4.79 Å². The fraction of sp³-hybridized carbons (Fsp3) is 0.533. The molecular formula is C15H22BrN3O2. The first-order valence-electron chi connectivity index (χ1n) is 7.28. The maximum Gasteiger partial charge on any atom is 0.238 e. The van der Waals surface area contributed by atoms with Gasteiger partial charge in [0.05, 0.1) is 13.2 Å². The van der Waals surface area contributed by atoms with Gasteiger partial charge in [-0.25, -0.2) is 0 Å². The number of anilines is 1. The first-order valence-corrected chi connectivity index (χ1v) is 8.07. The molecule has 1 saturated heterocycles. The lowest BCUT2D eigenvalue weighted by atomic mass is 10.3. The fourth-order valence-electron chi connectivity index (χ4n) is 2.48. The Hall–Kier alpha value is -0.950. The van der Waals surface area contributed by atoms with Crippen LogP contribution in [0.25, 0.3) is 0 Å². The summed E-state index contributed by atoms with van der Waals surface area (Å²) in [6.07, 6.45) is 1.03. The molecule has 0 spiro atoms. The van der Waals surface area contributed by atoms with E-state index in [4.69, 9.17) is 5.11 Å². The van der Waals surface area contributed by atoms with Gasteiger partial charge in [0.1, 0.15) is 0 Å². The molecule has 0 aromatic heterocycles. The van der Waals surface area contributed by atoms with Gasteiger partial charge in [-0.05, 0) is 43.8 Å². The fourth-order valence-corrected chi connectivity index (χ4v) is 2.75. The number of amides is 1. The van der Waals surface area contributed by atoms with Crippen molar-refractivity contribution in [2.75, 3.05) is 51.2 Å². The summed E-state index contributed by atoms with van der Waals surface area (Å²) in [6.45, 7) is 5.03. The summed E-state index contributed by atoms with van der Waals surface area (Å²) >= 11 is 3.37. The van der Waals surface area contributed by atoms with Crippen LogP contribution in [0.15, 0.2) is 28.7 Å². The van der Waals surface area contributed by atoms with E-state index in [-0.39, 0.29) is 12.5 Å². The van der Waals surface area contributed by atoms with Gasteiger partial charge in [-0.1, -0.05) is 15.9 Å². The number of rotatable bonds is 5. The highest BCUT2D eigenvalue weighted by Gasteiger charge is 2.16. The topological polar surface area (TPSA) is 55.8 Å². The van der Waals surface area contributed by atoms with Crippen LogP contribution in [0.1, 0.15) is 6.42 Å². The smallest absolute Gasteiger partial charge is 0.238 e. The zero-order valence-corrected chi connectivity index (χ0v) is 13.7. The van der Waals surface area contributed by atoms with Crippen molar-refractivity contribution < 1.29 is 9.90 Å². The molecule has 0 atom stereocenters. The Morgan fingerprint density at radius 1 is 1.14 bits per heavy atom. The van der Waals surface area contributed by atoms with E-state index in [1.54, 1.807) is 0 Å². The minimum atomic E-state index is 0.0212. The number of nitrogens with zero attached hydrogens (tertiary/aromatic N) is 2. The second kappa shape index (κ2) is 8.48. The van der Waals surface area contributed by atoms with Gasteiger partial charge in [-0.3, -0.25) is 14.6 Å². The Morgan fingerprint density at radius 2 is 1.81 bits per heavy atom. The van der Waals surface area contributed by atoms with E-state index in [9.17, 15) is 4.79 Å². The van der Waals surface area contributed by atoms with Crippen LogP contribution in [0, 0.1) is 0 Å². The van der Waals surface area contributed by atoms with Crippen LogP contribution < -0.4 is 5.32 Å². The lowest BCUT2D eigenvalue weighted by molar-refractivity contribution is -0.117. The van der Waals surface area contributed by atoms with E-state index in [0.717, 1.165) is 49.3 Å². The Bertz CT molecular complexity index is 453. The Labute approximate surface area is 134 Å². The second-order valence-corrected chi connectivity index (χ2v) is 6.17. The van der Waals surface area contributed by atoms with Crippen LogP contribution in [0.2, 0.25) is 0 Å². The largest absolute Gasteiger partial charge is 0.395 e. The molecule has 1 fully saturated rings. The van der Waals surface area contributed by atoms with Crippen molar-refractivity contribution in [1.82, 2.24) is 9.80 Å². The van der Waals surface area contributed by atoms with Crippen molar-refractivity contribution in [3.05, 3.63) is 28.7 Å². The summed E-state index contributed by atoms with van der Waals surface area (Å²) in [7, 11) is 0. The first-order chi connectivity index (χ1) is 10.2. The molecule has 2 rings (SSSR count). The summed E-state index contributed by atoms with van der Waals surface area (Å²) in [5.41, 5.74) is 0.819. The molecule has 1 aliphatic rings. The molecule has 0 saturated carbocycles. The third-order valence-corrected chi connectivity index (χ3v) is 4.12. The second-order valence-electron chi connectivity index (χ2n) is 5.25. The van der Waals surface area contributed by atoms with Crippen LogP contribution in [0.3, 0.4) is 0 Å². The molecule has 6 heteroatoms. The van der Waals surface area contributed by atoms with Crippen molar-refractivity contribution in [2.24, 2.45) is 0 Å². The van der Waals surface area contributed by atoms with E-state index in [1.807, 2.05) is 24.3 Å². The van der Waals surface area contributed by atoms with Crippen molar-refractivity contribution in [1.29, 1.82) is 0 Å². The maximum absolute atomic E-state index is 12.1. The molecule has 116 valence electrons. The third kappa shape index (κ3) is 5.74. The number of benzene rings is 1. The minimum absolute atomic E-state index is 0.0212. The average Bonchev–Trinajstić information content (AvgIpc) is 2.67. The van der Waals surface area contributed by atoms with Gasteiger partial charge in [0.2, 0.25) is 5.91 Å². The summed E-state index contributed by atoms with van der Waals surface area (Å²) in [4.78, 5) is 16.5. The number of hydrogen-bond acceptors (Lipinski definition) is 4. The van der Waals surface area contributed by atoms with Gasteiger partial charge in [0.25, 0.3) is 0 Å². The Balaban J connectivity index is 1.78. The van der Waals surface area contributed by atoms with Crippen LogP contribution in [0.5, 0.6) is 0 Å². The quantitative estimate of drug-likeness (QED) is 0.837. The summed E-state index contributed by atoms with van der Waals surface area (Å²) in [5.74, 6) is 0.0212. The Morgan fingerprint density at radius 3 is 2.52 bits per heavy atom. The zero-order valence-electron chi connectivity index (χ0n) is 12.1. The molecule has 1 amide bonds. The highest BCUT2D eigenvalue weighted by molar-refractivity contribution is 9.10. The molecule has 0 bridgehead atoms. The normalized spacial score (nSPS) is 17.4. The summed E-state index contributed by atoms with van der Waals surface area (Å²) in [6, 6.07) is 7.59. The van der Waals surface area contributed by atoms with Crippen molar-refractivity contribution in [3.8, 4) is 0 Å². The monoisotopic (exact) mass is 355 g/mol. The molecular weight excluding hydrogens is 334 g/mol. The average molecular weight is 356 g/mol. The van der Waals surface area contributed by atoms with Crippen molar-refractivity contribution in [3.63, 3.8) is 0 Å². The van der Waals surface area contributed by atoms with Gasteiger partial charge < -0.3 is 10.4 Å². The van der Waals surface area contributed by atoms with E-state index >= 15 is 0 Å². The highest BCUT2D eigenvalue weighted by atomic mass is 79.9. The van der Waals surface area contributed by atoms with Crippen LogP contribution in [0.4, 0.5) is 5.69 Å². The lowest BCUT2D eigenvalue weighted by Crippen LogP contribution is -2.36. The van der Waals surface area contributed by atoms with E-state index in [2.05, 4.69) is 31.0 Å². The standard InChI is InChI=1S/C15H22BrN3O2/c16-13-2-4-14(5-3-13)17-15(21)12-19-7-1-6-18(8-9-19)10-11-20/h2-5,20H,1,6-12H2,(H,17,21). The van der Waals surface area contributed by atoms with Gasteiger partial charge in [-0.15, -0.1) is 0 Å². The zero-order chi connectivity index (χ0) is 15.1. The van der Waals surface area contributed by atoms with E-state index < -0.39 is 0 Å². The molecule has 2 N–H and O–H groups in total. The predicted octanol–water partition coefficient (Wildman–Crippen LogP) is 1.39. The van der Waals surface area contributed by atoms with Gasteiger partial charge >= 0.3 is 0 Å². The Kier molecular flexibility index (Phi) is 6.63. The number of hydrogen-bond donors (Lipinski definition) is 2. The lowest BCUT2D eigenvalue weighted by Gasteiger charge is -2.20.